The molecule has 2 unspecified atom stereocenters. The Labute approximate surface area is 176 Å². The van der Waals surface area contributed by atoms with Crippen LogP contribution >= 0.6 is 11.3 Å². The van der Waals surface area contributed by atoms with Crippen molar-refractivity contribution in [3.8, 4) is 10.4 Å². The highest BCUT2D eigenvalue weighted by Crippen LogP contribution is 2.38. The van der Waals surface area contributed by atoms with Crippen molar-refractivity contribution >= 4 is 23.2 Å². The van der Waals surface area contributed by atoms with E-state index in [1.165, 1.54) is 4.88 Å². The highest BCUT2D eigenvalue weighted by Gasteiger charge is 2.43. The van der Waals surface area contributed by atoms with Crippen molar-refractivity contribution in [3.05, 3.63) is 59.5 Å². The maximum atomic E-state index is 13.1. The summed E-state index contributed by atoms with van der Waals surface area (Å²) < 4.78 is 0. The monoisotopic (exact) mass is 408 g/mol. The number of hydrogen-bond donors (Lipinski definition) is 1. The maximum absolute atomic E-state index is 13.1. The molecular weight excluding hydrogens is 380 g/mol. The van der Waals surface area contributed by atoms with Crippen molar-refractivity contribution in [2.45, 2.75) is 38.5 Å². The zero-order valence-electron chi connectivity index (χ0n) is 16.7. The van der Waals surface area contributed by atoms with Crippen molar-refractivity contribution < 1.29 is 9.59 Å². The third-order valence-corrected chi connectivity index (χ3v) is 7.27. The molecule has 4 rings (SSSR count). The number of rotatable bonds is 5. The standard InChI is InChI=1S/C24H28N2O2S/c25-23(28)24(16-19-10-4-5-11-20(19)21-12-6-15-29-21)13-7-14-26(17-24)22(27)18-8-2-1-3-9-18/h1-2,4-6,10-12,15,18H,3,7-9,13-14,16-17H2,(H2,25,28). The highest BCUT2D eigenvalue weighted by molar-refractivity contribution is 7.13. The smallest absolute Gasteiger partial charge is 0.226 e. The Bertz CT molecular complexity index is 905. The summed E-state index contributed by atoms with van der Waals surface area (Å²) in [5.74, 6) is -0.0622. The molecule has 2 aliphatic rings. The topological polar surface area (TPSA) is 63.4 Å². The molecule has 1 saturated heterocycles. The van der Waals surface area contributed by atoms with E-state index in [9.17, 15) is 9.59 Å². The van der Waals surface area contributed by atoms with E-state index in [-0.39, 0.29) is 17.7 Å². The fourth-order valence-corrected chi connectivity index (χ4v) is 5.53. The number of nitrogens with two attached hydrogens (primary N) is 1. The number of piperidine rings is 1. The quantitative estimate of drug-likeness (QED) is 0.745. The Hall–Kier alpha value is -2.40. The van der Waals surface area contributed by atoms with Crippen molar-refractivity contribution in [2.24, 2.45) is 17.1 Å². The second kappa shape index (κ2) is 8.54. The number of amides is 2. The average Bonchev–Trinajstić information content (AvgIpc) is 3.29. The normalized spacial score (nSPS) is 24.4. The summed E-state index contributed by atoms with van der Waals surface area (Å²) in [5.41, 5.74) is 7.56. The number of nitrogens with zero attached hydrogens (tertiary/aromatic N) is 1. The first-order valence-corrected chi connectivity index (χ1v) is 11.3. The van der Waals surface area contributed by atoms with Crippen LogP contribution < -0.4 is 5.73 Å². The number of allylic oxidation sites excluding steroid dienone is 2. The summed E-state index contributed by atoms with van der Waals surface area (Å²) in [7, 11) is 0. The minimum Gasteiger partial charge on any atom is -0.369 e. The third-order valence-electron chi connectivity index (χ3n) is 6.36. The number of benzene rings is 1. The van der Waals surface area contributed by atoms with Gasteiger partial charge in [0.05, 0.1) is 5.41 Å². The fraction of sp³-hybridized carbons (Fsp3) is 0.417. The van der Waals surface area contributed by atoms with E-state index in [1.54, 1.807) is 11.3 Å². The van der Waals surface area contributed by atoms with Crippen LogP contribution in [-0.2, 0) is 16.0 Å². The largest absolute Gasteiger partial charge is 0.369 e. The summed E-state index contributed by atoms with van der Waals surface area (Å²) in [6, 6.07) is 12.4. The predicted octanol–water partition coefficient (Wildman–Crippen LogP) is 4.41. The average molecular weight is 409 g/mol. The van der Waals surface area contributed by atoms with Gasteiger partial charge in [-0.3, -0.25) is 9.59 Å². The van der Waals surface area contributed by atoms with E-state index in [4.69, 9.17) is 5.73 Å². The number of carbonyl (C=O) groups excluding carboxylic acids is 2. The van der Waals surface area contributed by atoms with Gasteiger partial charge in [0.15, 0.2) is 0 Å². The Morgan fingerprint density at radius 3 is 2.76 bits per heavy atom. The van der Waals surface area contributed by atoms with Crippen molar-refractivity contribution in [3.63, 3.8) is 0 Å². The number of carbonyl (C=O) groups is 2. The molecule has 2 amide bonds. The molecule has 0 spiro atoms. The van der Waals surface area contributed by atoms with Crippen LogP contribution in [0.4, 0.5) is 0 Å². The molecule has 1 aromatic heterocycles. The molecule has 0 bridgehead atoms. The lowest BCUT2D eigenvalue weighted by atomic mass is 9.73. The zero-order valence-corrected chi connectivity index (χ0v) is 17.5. The number of hydrogen-bond acceptors (Lipinski definition) is 3. The Morgan fingerprint density at radius 1 is 1.17 bits per heavy atom. The number of likely N-dealkylation sites (tertiary alicyclic amines) is 1. The van der Waals surface area contributed by atoms with Crippen molar-refractivity contribution in [2.75, 3.05) is 13.1 Å². The van der Waals surface area contributed by atoms with Gasteiger partial charge < -0.3 is 10.6 Å². The van der Waals surface area contributed by atoms with E-state index >= 15 is 0 Å². The Balaban J connectivity index is 1.59. The van der Waals surface area contributed by atoms with Gasteiger partial charge >= 0.3 is 0 Å². The minimum atomic E-state index is -0.703. The van der Waals surface area contributed by atoms with Crippen LogP contribution in [0.3, 0.4) is 0 Å². The van der Waals surface area contributed by atoms with E-state index < -0.39 is 5.41 Å². The first kappa shape index (κ1) is 19.9. The zero-order chi connectivity index (χ0) is 20.3. The molecule has 0 radical (unpaired) electrons. The molecule has 1 aromatic carbocycles. The predicted molar refractivity (Wildman–Crippen MR) is 117 cm³/mol. The molecule has 2 aromatic rings. The lowest BCUT2D eigenvalue weighted by molar-refractivity contribution is -0.143. The first-order chi connectivity index (χ1) is 14.1. The summed E-state index contributed by atoms with van der Waals surface area (Å²) in [6.07, 6.45) is 9.04. The van der Waals surface area contributed by atoms with Gasteiger partial charge in [-0.25, -0.2) is 0 Å². The summed E-state index contributed by atoms with van der Waals surface area (Å²) in [4.78, 5) is 28.9. The molecule has 1 aliphatic heterocycles. The summed E-state index contributed by atoms with van der Waals surface area (Å²) >= 11 is 1.70. The second-order valence-electron chi connectivity index (χ2n) is 8.30. The van der Waals surface area contributed by atoms with Gasteiger partial charge in [0.1, 0.15) is 0 Å². The number of thiophene rings is 1. The molecular formula is C24H28N2O2S. The molecule has 2 heterocycles. The first-order valence-electron chi connectivity index (χ1n) is 10.4. The van der Waals surface area contributed by atoms with E-state index in [1.807, 2.05) is 23.1 Å². The molecule has 2 atom stereocenters. The van der Waals surface area contributed by atoms with E-state index in [0.717, 1.165) is 49.8 Å². The lowest BCUT2D eigenvalue weighted by Gasteiger charge is -2.42. The SMILES string of the molecule is NC(=O)C1(Cc2ccccc2-c2cccs2)CCCN(C(=O)C2CC=CCC2)C1. The molecule has 5 heteroatoms. The van der Waals surface area contributed by atoms with Crippen molar-refractivity contribution in [1.29, 1.82) is 0 Å². The van der Waals surface area contributed by atoms with Crippen LogP contribution in [0, 0.1) is 11.3 Å². The molecule has 152 valence electrons. The fourth-order valence-electron chi connectivity index (χ4n) is 4.74. The Kier molecular flexibility index (Phi) is 5.86. The van der Waals surface area contributed by atoms with Crippen LogP contribution in [0.2, 0.25) is 0 Å². The third kappa shape index (κ3) is 4.15. The molecule has 1 fully saturated rings. The highest BCUT2D eigenvalue weighted by atomic mass is 32.1. The molecule has 2 N–H and O–H groups in total. The molecule has 0 saturated carbocycles. The van der Waals surface area contributed by atoms with Gasteiger partial charge in [0.2, 0.25) is 11.8 Å². The van der Waals surface area contributed by atoms with Crippen molar-refractivity contribution in [1.82, 2.24) is 4.90 Å². The van der Waals surface area contributed by atoms with Gasteiger partial charge in [-0.05, 0) is 61.1 Å². The van der Waals surface area contributed by atoms with E-state index in [0.29, 0.717) is 13.0 Å². The van der Waals surface area contributed by atoms with E-state index in [2.05, 4.69) is 35.7 Å². The summed E-state index contributed by atoms with van der Waals surface area (Å²) in [6.45, 7) is 1.15. The number of primary amides is 1. The van der Waals surface area contributed by atoms with Crippen LogP contribution in [0.1, 0.15) is 37.7 Å². The van der Waals surface area contributed by atoms with Crippen LogP contribution in [0.25, 0.3) is 10.4 Å². The molecule has 4 nitrogen and oxygen atoms in total. The Morgan fingerprint density at radius 2 is 2.03 bits per heavy atom. The van der Waals surface area contributed by atoms with Gasteiger partial charge in [0, 0.05) is 23.9 Å². The van der Waals surface area contributed by atoms with Gasteiger partial charge in [-0.1, -0.05) is 42.5 Å². The maximum Gasteiger partial charge on any atom is 0.226 e. The van der Waals surface area contributed by atoms with Gasteiger partial charge in [-0.15, -0.1) is 11.3 Å². The second-order valence-corrected chi connectivity index (χ2v) is 9.25. The van der Waals surface area contributed by atoms with Crippen LogP contribution in [-0.4, -0.2) is 29.8 Å². The minimum absolute atomic E-state index is 0.0436. The van der Waals surface area contributed by atoms with Crippen LogP contribution in [0.15, 0.2) is 53.9 Å². The molecule has 1 aliphatic carbocycles. The van der Waals surface area contributed by atoms with Crippen LogP contribution in [0.5, 0.6) is 0 Å². The summed E-state index contributed by atoms with van der Waals surface area (Å²) in [5, 5.41) is 2.07. The van der Waals surface area contributed by atoms with Gasteiger partial charge in [-0.2, -0.15) is 0 Å². The molecule has 29 heavy (non-hydrogen) atoms. The lowest BCUT2D eigenvalue weighted by Crippen LogP contribution is -2.54. The van der Waals surface area contributed by atoms with Gasteiger partial charge in [0.25, 0.3) is 0 Å².